The van der Waals surface area contributed by atoms with Gasteiger partial charge in [-0.1, -0.05) is 0 Å². The molecular formula is C19H24N6O2. The first-order valence-electron chi connectivity index (χ1n) is 9.18. The first-order valence-corrected chi connectivity index (χ1v) is 9.18. The minimum Gasteiger partial charge on any atom is -0.391 e. The molecule has 1 fully saturated rings. The van der Waals surface area contributed by atoms with Gasteiger partial charge < -0.3 is 19.9 Å². The van der Waals surface area contributed by atoms with Crippen LogP contribution in [0, 0.1) is 6.92 Å². The molecule has 1 aromatic carbocycles. The van der Waals surface area contributed by atoms with E-state index in [1.165, 1.54) is 0 Å². The summed E-state index contributed by atoms with van der Waals surface area (Å²) in [5.41, 5.74) is 3.44. The van der Waals surface area contributed by atoms with Crippen molar-refractivity contribution in [1.82, 2.24) is 24.6 Å². The van der Waals surface area contributed by atoms with Gasteiger partial charge in [0.15, 0.2) is 0 Å². The monoisotopic (exact) mass is 368 g/mol. The number of hydrogen-bond donors (Lipinski definition) is 2. The number of benzene rings is 1. The third-order valence-electron chi connectivity index (χ3n) is 4.95. The molecule has 27 heavy (non-hydrogen) atoms. The molecule has 1 aliphatic rings. The van der Waals surface area contributed by atoms with Gasteiger partial charge in [-0.15, -0.1) is 0 Å². The Balaban J connectivity index is 1.46. The number of carbonyl (C=O) groups excluding carboxylic acids is 1. The summed E-state index contributed by atoms with van der Waals surface area (Å²) in [5.74, 6) is 0.706. The summed E-state index contributed by atoms with van der Waals surface area (Å²) in [4.78, 5) is 19.2. The average molecular weight is 368 g/mol. The van der Waals surface area contributed by atoms with Crippen molar-refractivity contribution in [1.29, 1.82) is 0 Å². The molecule has 0 spiro atoms. The molecule has 8 heteroatoms. The molecule has 1 saturated heterocycles. The minimum atomic E-state index is -0.301. The largest absolute Gasteiger partial charge is 0.391 e. The van der Waals surface area contributed by atoms with Gasteiger partial charge >= 0.3 is 0 Å². The zero-order valence-corrected chi connectivity index (χ0v) is 15.6. The Kier molecular flexibility index (Phi) is 4.57. The number of β-amino-alcohol motifs (C(OH)–C–C–N with tert-alkyl or cyclic N) is 1. The number of imidazole rings is 1. The quantitative estimate of drug-likeness (QED) is 0.704. The molecule has 4 rings (SSSR count). The van der Waals surface area contributed by atoms with Crippen LogP contribution < -0.4 is 10.2 Å². The Morgan fingerprint density at radius 3 is 2.96 bits per heavy atom. The van der Waals surface area contributed by atoms with E-state index in [-0.39, 0.29) is 12.0 Å². The smallest absolute Gasteiger partial charge is 0.251 e. The van der Waals surface area contributed by atoms with Gasteiger partial charge in [0.05, 0.1) is 29.9 Å². The van der Waals surface area contributed by atoms with Crippen molar-refractivity contribution >= 4 is 22.9 Å². The van der Waals surface area contributed by atoms with Crippen LogP contribution in [0.25, 0.3) is 11.0 Å². The van der Waals surface area contributed by atoms with Crippen LogP contribution in [0.4, 0.5) is 5.95 Å². The Bertz CT molecular complexity index is 976. The summed E-state index contributed by atoms with van der Waals surface area (Å²) in [6, 6.07) is 5.56. The number of amides is 1. The third-order valence-corrected chi connectivity index (χ3v) is 4.95. The highest BCUT2D eigenvalue weighted by Gasteiger charge is 2.24. The number of anilines is 1. The van der Waals surface area contributed by atoms with Gasteiger partial charge in [0.2, 0.25) is 5.95 Å². The van der Waals surface area contributed by atoms with Crippen LogP contribution in [-0.4, -0.2) is 56.1 Å². The van der Waals surface area contributed by atoms with E-state index in [9.17, 15) is 9.90 Å². The van der Waals surface area contributed by atoms with Crippen molar-refractivity contribution in [2.75, 3.05) is 24.5 Å². The van der Waals surface area contributed by atoms with Gasteiger partial charge in [-0.3, -0.25) is 9.48 Å². The highest BCUT2D eigenvalue weighted by atomic mass is 16.3. The first-order chi connectivity index (χ1) is 13.0. The molecule has 0 bridgehead atoms. The minimum absolute atomic E-state index is 0.121. The zero-order valence-electron chi connectivity index (χ0n) is 15.6. The van der Waals surface area contributed by atoms with Crippen molar-refractivity contribution in [2.24, 2.45) is 7.05 Å². The third kappa shape index (κ3) is 3.52. The predicted octanol–water partition coefficient (Wildman–Crippen LogP) is 1.08. The molecular weight excluding hydrogens is 344 g/mol. The topological polar surface area (TPSA) is 88.2 Å². The Morgan fingerprint density at radius 2 is 2.26 bits per heavy atom. The summed E-state index contributed by atoms with van der Waals surface area (Å²) in [7, 11) is 1.96. The summed E-state index contributed by atoms with van der Waals surface area (Å²) < 4.78 is 3.82. The number of nitrogens with zero attached hydrogens (tertiary/aromatic N) is 5. The SMILES string of the molecule is Cc1cnn(CCNC(=O)c2ccc3c(c2)nc(N2CC[C@H](O)C2)n3C)c1. The van der Waals surface area contributed by atoms with Gasteiger partial charge in [-0.25, -0.2) is 4.98 Å². The first kappa shape index (κ1) is 17.5. The molecule has 0 aliphatic carbocycles. The van der Waals surface area contributed by atoms with Gasteiger partial charge in [0.1, 0.15) is 0 Å². The fourth-order valence-electron chi connectivity index (χ4n) is 3.51. The number of hydrogen-bond acceptors (Lipinski definition) is 5. The lowest BCUT2D eigenvalue weighted by Crippen LogP contribution is -2.27. The lowest BCUT2D eigenvalue weighted by Gasteiger charge is -2.16. The maximum Gasteiger partial charge on any atom is 0.251 e. The van der Waals surface area contributed by atoms with Crippen LogP contribution in [0.2, 0.25) is 0 Å². The molecule has 0 saturated carbocycles. The number of carbonyl (C=O) groups is 1. The van der Waals surface area contributed by atoms with Gasteiger partial charge in [-0.2, -0.15) is 5.10 Å². The number of fused-ring (bicyclic) bond motifs is 1. The summed E-state index contributed by atoms with van der Waals surface area (Å²) in [6.07, 6.45) is 4.20. The lowest BCUT2D eigenvalue weighted by molar-refractivity contribution is 0.0952. The number of rotatable bonds is 5. The van der Waals surface area contributed by atoms with Crippen molar-refractivity contribution in [3.8, 4) is 0 Å². The maximum atomic E-state index is 12.5. The molecule has 2 aromatic heterocycles. The zero-order chi connectivity index (χ0) is 19.0. The van der Waals surface area contributed by atoms with Crippen molar-refractivity contribution < 1.29 is 9.90 Å². The van der Waals surface area contributed by atoms with Gasteiger partial charge in [0, 0.05) is 38.4 Å². The predicted molar refractivity (Wildman–Crippen MR) is 103 cm³/mol. The summed E-state index contributed by atoms with van der Waals surface area (Å²) in [6.45, 7) is 4.52. The van der Waals surface area contributed by atoms with Crippen LogP contribution >= 0.6 is 0 Å². The maximum absolute atomic E-state index is 12.5. The second kappa shape index (κ2) is 7.03. The van der Waals surface area contributed by atoms with Crippen LogP contribution in [0.3, 0.4) is 0 Å². The number of aromatic nitrogens is 4. The van der Waals surface area contributed by atoms with Crippen molar-refractivity contribution in [3.63, 3.8) is 0 Å². The number of aliphatic hydroxyl groups excluding tert-OH is 1. The van der Waals surface area contributed by atoms with Crippen molar-refractivity contribution in [2.45, 2.75) is 26.0 Å². The molecule has 3 aromatic rings. The Labute approximate surface area is 157 Å². The molecule has 1 amide bonds. The van der Waals surface area contributed by atoms with E-state index in [0.717, 1.165) is 35.5 Å². The van der Waals surface area contributed by atoms with Crippen LogP contribution in [0.5, 0.6) is 0 Å². The summed E-state index contributed by atoms with van der Waals surface area (Å²) in [5, 5.41) is 16.9. The van der Waals surface area contributed by atoms with Crippen molar-refractivity contribution in [3.05, 3.63) is 41.7 Å². The molecule has 8 nitrogen and oxygen atoms in total. The molecule has 0 unspecified atom stereocenters. The normalized spacial score (nSPS) is 17.0. The van der Waals surface area contributed by atoms with E-state index in [1.54, 1.807) is 6.20 Å². The average Bonchev–Trinajstić information content (AvgIpc) is 3.34. The fourth-order valence-corrected chi connectivity index (χ4v) is 3.51. The fraction of sp³-hybridized carbons (Fsp3) is 0.421. The summed E-state index contributed by atoms with van der Waals surface area (Å²) >= 11 is 0. The molecule has 0 radical (unpaired) electrons. The van der Waals surface area contributed by atoms with Crippen LogP contribution in [0.15, 0.2) is 30.6 Å². The van der Waals surface area contributed by atoms with Crippen LogP contribution in [0.1, 0.15) is 22.3 Å². The second-order valence-corrected chi connectivity index (χ2v) is 7.10. The van der Waals surface area contributed by atoms with E-state index in [0.29, 0.717) is 25.2 Å². The standard InChI is InChI=1S/C19H24N6O2/c1-13-10-21-25(11-13)8-6-20-18(27)14-3-4-17-16(9-14)22-19(23(17)2)24-7-5-15(26)12-24/h3-4,9-11,15,26H,5-8,12H2,1-2H3,(H,20,27)/t15-/m0/s1. The molecule has 1 aliphatic heterocycles. The van der Waals surface area contributed by atoms with E-state index in [2.05, 4.69) is 20.3 Å². The number of aryl methyl sites for hydroxylation is 2. The Morgan fingerprint density at radius 1 is 1.41 bits per heavy atom. The lowest BCUT2D eigenvalue weighted by atomic mass is 10.2. The Hall–Kier alpha value is -2.87. The van der Waals surface area contributed by atoms with E-state index in [4.69, 9.17) is 0 Å². The molecule has 2 N–H and O–H groups in total. The van der Waals surface area contributed by atoms with E-state index >= 15 is 0 Å². The van der Waals surface area contributed by atoms with Gasteiger partial charge in [-0.05, 0) is 37.1 Å². The highest BCUT2D eigenvalue weighted by molar-refractivity contribution is 5.97. The second-order valence-electron chi connectivity index (χ2n) is 7.10. The van der Waals surface area contributed by atoms with E-state index < -0.39 is 0 Å². The highest BCUT2D eigenvalue weighted by Crippen LogP contribution is 2.25. The van der Waals surface area contributed by atoms with Crippen LogP contribution in [-0.2, 0) is 13.6 Å². The van der Waals surface area contributed by atoms with Gasteiger partial charge in [0.25, 0.3) is 5.91 Å². The number of nitrogens with one attached hydrogen (secondary N) is 1. The van der Waals surface area contributed by atoms with E-state index in [1.807, 2.05) is 47.6 Å². The molecule has 3 heterocycles. The molecule has 1 atom stereocenters. The molecule has 142 valence electrons. The number of aliphatic hydroxyl groups is 1.